The second kappa shape index (κ2) is 5.93. The van der Waals surface area contributed by atoms with Crippen LogP contribution in [0.4, 0.5) is 5.69 Å². The van der Waals surface area contributed by atoms with Crippen molar-refractivity contribution in [1.82, 2.24) is 9.97 Å². The van der Waals surface area contributed by atoms with Crippen LogP contribution in [0.25, 0.3) is 11.0 Å². The largest absolute Gasteiger partial charge is 0.385 e. The summed E-state index contributed by atoms with van der Waals surface area (Å²) in [5.74, 6) is 0. The molecule has 0 bridgehead atoms. The van der Waals surface area contributed by atoms with E-state index in [1.165, 1.54) is 0 Å². The summed E-state index contributed by atoms with van der Waals surface area (Å²) in [6.07, 6.45) is 4.36. The fraction of sp³-hybridized carbons (Fsp3) is 0.333. The maximum absolute atomic E-state index is 5.01. The maximum atomic E-state index is 5.01. The Morgan fingerprint density at radius 2 is 2.12 bits per heavy atom. The monoisotopic (exact) mass is 295 g/mol. The number of methoxy groups -OCH3 is 1. The Hall–Kier alpha value is -1.20. The first-order valence-electron chi connectivity index (χ1n) is 5.45. The first-order valence-corrected chi connectivity index (χ1v) is 6.24. The second-order valence-electron chi connectivity index (χ2n) is 3.62. The van der Waals surface area contributed by atoms with E-state index in [0.717, 1.165) is 40.8 Å². The van der Waals surface area contributed by atoms with Gasteiger partial charge in [-0.1, -0.05) is 0 Å². The van der Waals surface area contributed by atoms with E-state index in [0.29, 0.717) is 0 Å². The number of nitrogens with one attached hydrogen (secondary N) is 1. The number of nitrogens with zero attached hydrogens (tertiary/aromatic N) is 2. The van der Waals surface area contributed by atoms with Crippen molar-refractivity contribution >= 4 is 32.7 Å². The summed E-state index contributed by atoms with van der Waals surface area (Å²) in [4.78, 5) is 8.56. The molecule has 0 saturated heterocycles. The zero-order valence-electron chi connectivity index (χ0n) is 9.61. The minimum absolute atomic E-state index is 0.762. The van der Waals surface area contributed by atoms with E-state index < -0.39 is 0 Å². The number of aromatic nitrogens is 2. The van der Waals surface area contributed by atoms with Crippen LogP contribution in [0, 0.1) is 0 Å². The Kier molecular flexibility index (Phi) is 4.28. The van der Waals surface area contributed by atoms with Gasteiger partial charge in [0.25, 0.3) is 0 Å². The lowest BCUT2D eigenvalue weighted by molar-refractivity contribution is 0.198. The number of hydrogen-bond donors (Lipinski definition) is 1. The van der Waals surface area contributed by atoms with Gasteiger partial charge in [-0.05, 0) is 34.5 Å². The first-order chi connectivity index (χ1) is 8.33. The third-order valence-electron chi connectivity index (χ3n) is 2.42. The van der Waals surface area contributed by atoms with Gasteiger partial charge in [-0.25, -0.2) is 0 Å². The van der Waals surface area contributed by atoms with Gasteiger partial charge < -0.3 is 10.1 Å². The van der Waals surface area contributed by atoms with Crippen molar-refractivity contribution in [2.75, 3.05) is 25.6 Å². The van der Waals surface area contributed by atoms with Crippen LogP contribution in [0.2, 0.25) is 0 Å². The molecule has 1 N–H and O–H groups in total. The number of halogens is 1. The van der Waals surface area contributed by atoms with E-state index >= 15 is 0 Å². The Bertz CT molecular complexity index is 504. The molecular weight excluding hydrogens is 282 g/mol. The number of anilines is 1. The molecule has 0 fully saturated rings. The zero-order valence-corrected chi connectivity index (χ0v) is 11.2. The third-order valence-corrected chi connectivity index (χ3v) is 3.22. The minimum atomic E-state index is 0.762. The summed E-state index contributed by atoms with van der Waals surface area (Å²) >= 11 is 3.55. The number of rotatable bonds is 5. The molecule has 0 aliphatic rings. The van der Waals surface area contributed by atoms with Gasteiger partial charge in [0.15, 0.2) is 0 Å². The van der Waals surface area contributed by atoms with Crippen LogP contribution in [0.5, 0.6) is 0 Å². The highest BCUT2D eigenvalue weighted by molar-refractivity contribution is 9.10. The molecule has 0 unspecified atom stereocenters. The number of fused-ring (bicyclic) bond motifs is 1. The van der Waals surface area contributed by atoms with Gasteiger partial charge in [-0.2, -0.15) is 0 Å². The Balaban J connectivity index is 2.15. The zero-order chi connectivity index (χ0) is 12.1. The van der Waals surface area contributed by atoms with E-state index in [1.54, 1.807) is 19.5 Å². The molecule has 2 aromatic rings. The Labute approximate surface area is 109 Å². The van der Waals surface area contributed by atoms with E-state index in [9.17, 15) is 0 Å². The van der Waals surface area contributed by atoms with Crippen molar-refractivity contribution in [2.45, 2.75) is 6.42 Å². The van der Waals surface area contributed by atoms with Gasteiger partial charge in [0, 0.05) is 32.7 Å². The van der Waals surface area contributed by atoms with E-state index in [4.69, 9.17) is 4.74 Å². The van der Waals surface area contributed by atoms with Gasteiger partial charge in [0.05, 0.1) is 15.7 Å². The van der Waals surface area contributed by atoms with Crippen molar-refractivity contribution in [2.24, 2.45) is 0 Å². The summed E-state index contributed by atoms with van der Waals surface area (Å²) in [6, 6.07) is 3.97. The summed E-state index contributed by atoms with van der Waals surface area (Å²) in [6.45, 7) is 1.64. The van der Waals surface area contributed by atoms with Crippen LogP contribution in [-0.2, 0) is 4.74 Å². The maximum Gasteiger partial charge on any atom is 0.105 e. The highest BCUT2D eigenvalue weighted by Crippen LogP contribution is 2.28. The quantitative estimate of drug-likeness (QED) is 0.862. The van der Waals surface area contributed by atoms with Crippen LogP contribution in [-0.4, -0.2) is 30.2 Å². The Morgan fingerprint density at radius 3 is 2.94 bits per heavy atom. The summed E-state index contributed by atoms with van der Waals surface area (Å²) in [7, 11) is 1.71. The van der Waals surface area contributed by atoms with E-state index in [-0.39, 0.29) is 0 Å². The Morgan fingerprint density at radius 1 is 1.29 bits per heavy atom. The summed E-state index contributed by atoms with van der Waals surface area (Å²) in [5, 5.41) is 3.35. The second-order valence-corrected chi connectivity index (χ2v) is 4.42. The third kappa shape index (κ3) is 2.92. The van der Waals surface area contributed by atoms with Gasteiger partial charge >= 0.3 is 0 Å². The molecule has 0 amide bonds. The minimum Gasteiger partial charge on any atom is -0.385 e. The molecule has 5 heteroatoms. The lowest BCUT2D eigenvalue weighted by atomic mass is 10.2. The molecule has 4 nitrogen and oxygen atoms in total. The molecule has 1 aromatic heterocycles. The van der Waals surface area contributed by atoms with E-state index in [2.05, 4.69) is 31.2 Å². The molecule has 0 spiro atoms. The number of ether oxygens (including phenoxy) is 1. The average Bonchev–Trinajstić information content (AvgIpc) is 2.37. The normalized spacial score (nSPS) is 10.7. The van der Waals surface area contributed by atoms with Crippen LogP contribution >= 0.6 is 15.9 Å². The predicted octanol–water partition coefficient (Wildman–Crippen LogP) is 2.84. The summed E-state index contributed by atoms with van der Waals surface area (Å²) in [5.41, 5.74) is 2.81. The van der Waals surface area contributed by atoms with Crippen LogP contribution in [0.1, 0.15) is 6.42 Å². The predicted molar refractivity (Wildman–Crippen MR) is 72.2 cm³/mol. The van der Waals surface area contributed by atoms with Gasteiger partial charge in [-0.15, -0.1) is 0 Å². The van der Waals surface area contributed by atoms with Gasteiger partial charge in [0.1, 0.15) is 5.52 Å². The summed E-state index contributed by atoms with van der Waals surface area (Å²) < 4.78 is 5.96. The molecule has 1 aromatic carbocycles. The van der Waals surface area contributed by atoms with Crippen molar-refractivity contribution in [3.63, 3.8) is 0 Å². The lowest BCUT2D eigenvalue weighted by Crippen LogP contribution is -2.05. The molecule has 0 radical (unpaired) electrons. The first kappa shape index (κ1) is 12.3. The van der Waals surface area contributed by atoms with Crippen LogP contribution in [0.3, 0.4) is 0 Å². The van der Waals surface area contributed by atoms with Crippen LogP contribution < -0.4 is 5.32 Å². The highest BCUT2D eigenvalue weighted by Gasteiger charge is 2.05. The molecule has 90 valence electrons. The van der Waals surface area contributed by atoms with Crippen molar-refractivity contribution in [1.29, 1.82) is 0 Å². The molecule has 0 atom stereocenters. The number of benzene rings is 1. The molecule has 0 aliphatic heterocycles. The highest BCUT2D eigenvalue weighted by atomic mass is 79.9. The molecule has 0 saturated carbocycles. The molecular formula is C12H14BrN3O. The molecule has 17 heavy (non-hydrogen) atoms. The average molecular weight is 296 g/mol. The van der Waals surface area contributed by atoms with Crippen molar-refractivity contribution in [3.05, 3.63) is 29.0 Å². The topological polar surface area (TPSA) is 47.0 Å². The van der Waals surface area contributed by atoms with Gasteiger partial charge in [-0.3, -0.25) is 9.97 Å². The smallest absolute Gasteiger partial charge is 0.105 e. The molecule has 2 rings (SSSR count). The lowest BCUT2D eigenvalue weighted by Gasteiger charge is -2.09. The fourth-order valence-corrected chi connectivity index (χ4v) is 2.16. The number of hydrogen-bond acceptors (Lipinski definition) is 4. The molecule has 0 aliphatic carbocycles. The fourth-order valence-electron chi connectivity index (χ4n) is 1.58. The van der Waals surface area contributed by atoms with Gasteiger partial charge in [0.2, 0.25) is 0 Å². The SMILES string of the molecule is COCCCNc1ccc2nccnc2c1Br. The molecule has 1 heterocycles. The standard InChI is InChI=1S/C12H14BrN3O/c1-17-8-2-5-14-9-3-4-10-12(11(9)13)16-7-6-15-10/h3-4,6-7,14H,2,5,8H2,1H3. The van der Waals surface area contributed by atoms with Crippen LogP contribution in [0.15, 0.2) is 29.0 Å². The van der Waals surface area contributed by atoms with Crippen molar-refractivity contribution in [3.8, 4) is 0 Å². The van der Waals surface area contributed by atoms with Crippen molar-refractivity contribution < 1.29 is 4.74 Å². The van der Waals surface area contributed by atoms with E-state index in [1.807, 2.05) is 12.1 Å².